The fourth-order valence-corrected chi connectivity index (χ4v) is 2.92. The quantitative estimate of drug-likeness (QED) is 0.619. The van der Waals surface area contributed by atoms with Crippen molar-refractivity contribution in [3.05, 3.63) is 0 Å². The van der Waals surface area contributed by atoms with Gasteiger partial charge in [0.1, 0.15) is 25.1 Å². The number of esters is 1. The summed E-state index contributed by atoms with van der Waals surface area (Å²) in [6, 6.07) is -0.895. The van der Waals surface area contributed by atoms with Crippen molar-refractivity contribution < 1.29 is 38.0 Å². The van der Waals surface area contributed by atoms with E-state index in [1.165, 1.54) is 26.2 Å². The van der Waals surface area contributed by atoms with Crippen LogP contribution in [0.25, 0.3) is 0 Å². The van der Waals surface area contributed by atoms with E-state index in [0.717, 1.165) is 0 Å². The fraction of sp³-hybridized carbons (Fsp3) is 0.833. The normalized spacial score (nSPS) is 42.0. The highest BCUT2D eigenvalue weighted by Crippen LogP contribution is 2.37. The summed E-state index contributed by atoms with van der Waals surface area (Å²) in [5, 5.41) is 0. The molecule has 9 heteroatoms. The molecule has 0 aliphatic carbocycles. The monoisotopic (exact) mass is 303 g/mol. The molecule has 0 N–H and O–H groups in total. The standard InChI is InChI=1S/C12H17NO8/c1-13-5(10(14)16-2)6(21-12(13)15)8-7-9(19-4-18-7)11(17-3)20-8/h5-9,11H,4H2,1-3H3/t5-,6-,7+,8+,9+,11+/m0/s1. The first-order chi connectivity index (χ1) is 10.1. The number of nitrogens with zero attached hydrogens (tertiary/aromatic N) is 1. The lowest BCUT2D eigenvalue weighted by molar-refractivity contribution is -0.189. The number of methoxy groups -OCH3 is 2. The predicted octanol–water partition coefficient (Wildman–Crippen LogP) is -0.909. The number of cyclic esters (lactones) is 1. The number of rotatable bonds is 3. The van der Waals surface area contributed by atoms with E-state index in [1.54, 1.807) is 0 Å². The maximum atomic E-state index is 11.9. The van der Waals surface area contributed by atoms with Crippen LogP contribution in [0.4, 0.5) is 4.79 Å². The molecule has 3 aliphatic heterocycles. The number of hydrogen-bond donors (Lipinski definition) is 0. The Morgan fingerprint density at radius 2 is 1.90 bits per heavy atom. The Morgan fingerprint density at radius 3 is 2.57 bits per heavy atom. The molecule has 0 saturated carbocycles. The van der Waals surface area contributed by atoms with Gasteiger partial charge in [-0.2, -0.15) is 0 Å². The van der Waals surface area contributed by atoms with Crippen LogP contribution < -0.4 is 0 Å². The summed E-state index contributed by atoms with van der Waals surface area (Å²) in [6.45, 7) is 0.106. The summed E-state index contributed by atoms with van der Waals surface area (Å²) < 4.78 is 31.8. The van der Waals surface area contributed by atoms with E-state index in [0.29, 0.717) is 0 Å². The summed E-state index contributed by atoms with van der Waals surface area (Å²) in [7, 11) is 4.20. The SMILES string of the molecule is COC(=O)[C@@H]1[C@@H]([C@H]2O[C@@H](OC)[C@@H]3OCO[C@H]23)OC(=O)N1C. The highest BCUT2D eigenvalue weighted by Gasteiger charge is 2.59. The highest BCUT2D eigenvalue weighted by molar-refractivity contribution is 5.85. The largest absolute Gasteiger partial charge is 0.467 e. The number of likely N-dealkylation sites (N-methyl/N-ethyl adjacent to an activating group) is 1. The van der Waals surface area contributed by atoms with Crippen LogP contribution in [-0.2, 0) is 33.2 Å². The van der Waals surface area contributed by atoms with Crippen molar-refractivity contribution in [2.24, 2.45) is 0 Å². The fourth-order valence-electron chi connectivity index (χ4n) is 2.92. The minimum Gasteiger partial charge on any atom is -0.467 e. The molecule has 3 saturated heterocycles. The predicted molar refractivity (Wildman–Crippen MR) is 64.1 cm³/mol. The van der Waals surface area contributed by atoms with Crippen LogP contribution in [0.2, 0.25) is 0 Å². The summed E-state index contributed by atoms with van der Waals surface area (Å²) in [5.74, 6) is -0.576. The second kappa shape index (κ2) is 5.41. The first-order valence-corrected chi connectivity index (χ1v) is 6.51. The molecule has 9 nitrogen and oxygen atoms in total. The van der Waals surface area contributed by atoms with Gasteiger partial charge in [0, 0.05) is 14.2 Å². The van der Waals surface area contributed by atoms with Crippen LogP contribution in [0, 0.1) is 0 Å². The molecule has 0 aromatic rings. The van der Waals surface area contributed by atoms with Gasteiger partial charge in [-0.25, -0.2) is 9.59 Å². The van der Waals surface area contributed by atoms with E-state index in [2.05, 4.69) is 0 Å². The van der Waals surface area contributed by atoms with Crippen molar-refractivity contribution in [2.45, 2.75) is 36.7 Å². The van der Waals surface area contributed by atoms with Crippen molar-refractivity contribution in [3.63, 3.8) is 0 Å². The van der Waals surface area contributed by atoms with E-state index in [4.69, 9.17) is 28.4 Å². The van der Waals surface area contributed by atoms with Crippen molar-refractivity contribution in [1.29, 1.82) is 0 Å². The minimum atomic E-state index is -0.895. The van der Waals surface area contributed by atoms with E-state index in [1.807, 2.05) is 0 Å². The third-order valence-corrected chi connectivity index (χ3v) is 3.98. The van der Waals surface area contributed by atoms with Crippen LogP contribution in [0.5, 0.6) is 0 Å². The number of carbonyl (C=O) groups is 2. The van der Waals surface area contributed by atoms with Gasteiger partial charge in [-0.15, -0.1) is 0 Å². The Bertz CT molecular complexity index is 443. The number of amides is 1. The zero-order valence-electron chi connectivity index (χ0n) is 11.9. The molecule has 3 heterocycles. The third-order valence-electron chi connectivity index (χ3n) is 3.98. The number of carbonyl (C=O) groups excluding carboxylic acids is 2. The van der Waals surface area contributed by atoms with Crippen molar-refractivity contribution in [1.82, 2.24) is 4.90 Å². The average Bonchev–Trinajstić information content (AvgIpc) is 3.13. The molecular weight excluding hydrogens is 286 g/mol. The number of fused-ring (bicyclic) bond motifs is 1. The Hall–Kier alpha value is -1.42. The van der Waals surface area contributed by atoms with Gasteiger partial charge in [0.15, 0.2) is 18.4 Å². The smallest absolute Gasteiger partial charge is 0.410 e. The van der Waals surface area contributed by atoms with Crippen LogP contribution in [0.1, 0.15) is 0 Å². The van der Waals surface area contributed by atoms with Gasteiger partial charge in [-0.1, -0.05) is 0 Å². The lowest BCUT2D eigenvalue weighted by Crippen LogP contribution is -2.49. The van der Waals surface area contributed by atoms with Crippen LogP contribution in [0.3, 0.4) is 0 Å². The maximum Gasteiger partial charge on any atom is 0.410 e. The molecule has 3 rings (SSSR count). The maximum absolute atomic E-state index is 11.9. The molecule has 0 radical (unpaired) electrons. The lowest BCUT2D eigenvalue weighted by Gasteiger charge is -2.25. The van der Waals surface area contributed by atoms with Crippen LogP contribution in [-0.4, -0.2) is 81.8 Å². The topological polar surface area (TPSA) is 92.8 Å². The molecule has 0 aromatic heterocycles. The van der Waals surface area contributed by atoms with Gasteiger partial charge in [0.05, 0.1) is 7.11 Å². The first-order valence-electron chi connectivity index (χ1n) is 6.51. The summed E-state index contributed by atoms with van der Waals surface area (Å²) >= 11 is 0. The van der Waals surface area contributed by atoms with E-state index in [-0.39, 0.29) is 6.79 Å². The van der Waals surface area contributed by atoms with Gasteiger partial charge in [0.2, 0.25) is 0 Å². The van der Waals surface area contributed by atoms with E-state index in [9.17, 15) is 9.59 Å². The summed E-state index contributed by atoms with van der Waals surface area (Å²) in [6.07, 6.45) is -3.64. The molecule has 1 amide bonds. The lowest BCUT2D eigenvalue weighted by atomic mass is 10.00. The molecule has 21 heavy (non-hydrogen) atoms. The molecule has 0 aromatic carbocycles. The van der Waals surface area contributed by atoms with E-state index >= 15 is 0 Å². The molecule has 118 valence electrons. The second-order valence-electron chi connectivity index (χ2n) is 5.01. The highest BCUT2D eigenvalue weighted by atomic mass is 16.8. The molecule has 0 spiro atoms. The van der Waals surface area contributed by atoms with Gasteiger partial charge in [-0.3, -0.25) is 4.90 Å². The molecule has 3 fully saturated rings. The minimum absolute atomic E-state index is 0.106. The Kier molecular flexibility index (Phi) is 3.74. The van der Waals surface area contributed by atoms with Crippen molar-refractivity contribution >= 4 is 12.1 Å². The van der Waals surface area contributed by atoms with Crippen molar-refractivity contribution in [3.8, 4) is 0 Å². The van der Waals surface area contributed by atoms with Gasteiger partial charge in [0.25, 0.3) is 0 Å². The average molecular weight is 303 g/mol. The van der Waals surface area contributed by atoms with Gasteiger partial charge >= 0.3 is 12.1 Å². The zero-order chi connectivity index (χ0) is 15.1. The second-order valence-corrected chi connectivity index (χ2v) is 5.01. The van der Waals surface area contributed by atoms with Gasteiger partial charge in [-0.05, 0) is 0 Å². The molecule has 0 bridgehead atoms. The third kappa shape index (κ3) is 2.16. The Morgan fingerprint density at radius 1 is 1.19 bits per heavy atom. The molecule has 0 unspecified atom stereocenters. The molecule has 3 aliphatic rings. The summed E-state index contributed by atoms with van der Waals surface area (Å²) in [5.41, 5.74) is 0. The zero-order valence-corrected chi connectivity index (χ0v) is 11.9. The number of hydrogen-bond acceptors (Lipinski definition) is 8. The van der Waals surface area contributed by atoms with Crippen molar-refractivity contribution in [2.75, 3.05) is 28.1 Å². The summed E-state index contributed by atoms with van der Waals surface area (Å²) in [4.78, 5) is 24.9. The van der Waals surface area contributed by atoms with E-state index < -0.39 is 48.8 Å². The molecule has 6 atom stereocenters. The van der Waals surface area contributed by atoms with Crippen LogP contribution >= 0.6 is 0 Å². The Balaban J connectivity index is 1.84. The molecular formula is C12H17NO8. The first kappa shape index (κ1) is 14.5. The Labute approximate surface area is 121 Å². The van der Waals surface area contributed by atoms with Crippen LogP contribution in [0.15, 0.2) is 0 Å². The number of ether oxygens (including phenoxy) is 6. The van der Waals surface area contributed by atoms with Gasteiger partial charge < -0.3 is 28.4 Å².